The van der Waals surface area contributed by atoms with Gasteiger partial charge < -0.3 is 14.8 Å². The Balaban J connectivity index is 1.85. The van der Waals surface area contributed by atoms with Crippen LogP contribution in [-0.2, 0) is 9.84 Å². The molecule has 1 aromatic carbocycles. The van der Waals surface area contributed by atoms with Gasteiger partial charge in [-0.1, -0.05) is 6.92 Å². The van der Waals surface area contributed by atoms with Crippen LogP contribution in [0.4, 0.5) is 5.69 Å². The fraction of sp³-hybridized carbons (Fsp3) is 0.125. The zero-order chi connectivity index (χ0) is 18.0. The first-order valence-corrected chi connectivity index (χ1v) is 9.80. The van der Waals surface area contributed by atoms with Gasteiger partial charge in [0.25, 0.3) is 5.91 Å². The third-order valence-corrected chi connectivity index (χ3v) is 6.01. The van der Waals surface area contributed by atoms with Crippen LogP contribution in [-0.4, -0.2) is 30.2 Å². The molecule has 2 heterocycles. The minimum atomic E-state index is -3.45. The molecule has 0 aliphatic heterocycles. The van der Waals surface area contributed by atoms with Crippen LogP contribution in [0, 0.1) is 0 Å². The Morgan fingerprint density at radius 3 is 2.84 bits per heavy atom. The summed E-state index contributed by atoms with van der Waals surface area (Å²) in [5, 5.41) is 14.5. The Hall–Kier alpha value is -2.65. The number of hydrogen-bond acceptors (Lipinski definition) is 7. The average Bonchev–Trinajstić information content (AvgIpc) is 3.27. The van der Waals surface area contributed by atoms with Gasteiger partial charge in [0.2, 0.25) is 0 Å². The lowest BCUT2D eigenvalue weighted by molar-refractivity contribution is 0.102. The van der Waals surface area contributed by atoms with Crippen molar-refractivity contribution < 1.29 is 22.7 Å². The van der Waals surface area contributed by atoms with E-state index in [0.29, 0.717) is 10.8 Å². The predicted octanol–water partition coefficient (Wildman–Crippen LogP) is 3.15. The molecule has 25 heavy (non-hydrogen) atoms. The van der Waals surface area contributed by atoms with Gasteiger partial charge in [0.1, 0.15) is 11.4 Å². The van der Waals surface area contributed by atoms with Crippen LogP contribution in [0.2, 0.25) is 0 Å². The molecule has 0 atom stereocenters. The number of hydrogen-bond donors (Lipinski definition) is 2. The summed E-state index contributed by atoms with van der Waals surface area (Å²) in [7, 11) is -3.45. The van der Waals surface area contributed by atoms with Gasteiger partial charge in [-0.05, 0) is 30.3 Å². The summed E-state index contributed by atoms with van der Waals surface area (Å²) >= 11 is 1.24. The van der Waals surface area contributed by atoms with Crippen molar-refractivity contribution in [3.8, 4) is 16.5 Å². The Morgan fingerprint density at radius 1 is 1.36 bits per heavy atom. The maximum atomic E-state index is 12.3. The van der Waals surface area contributed by atoms with E-state index in [0.717, 1.165) is 0 Å². The number of phenols is 1. The first-order valence-electron chi connectivity index (χ1n) is 7.27. The molecule has 0 aliphatic rings. The van der Waals surface area contributed by atoms with E-state index in [1.165, 1.54) is 42.7 Å². The minimum Gasteiger partial charge on any atom is -0.506 e. The zero-order valence-electron chi connectivity index (χ0n) is 13.1. The average molecular weight is 378 g/mol. The third-order valence-electron chi connectivity index (χ3n) is 3.42. The molecule has 1 amide bonds. The Labute approximate surface area is 147 Å². The van der Waals surface area contributed by atoms with Crippen molar-refractivity contribution in [2.24, 2.45) is 0 Å². The summed E-state index contributed by atoms with van der Waals surface area (Å²) in [4.78, 5) is 16.5. The molecule has 2 aromatic heterocycles. The van der Waals surface area contributed by atoms with E-state index in [1.54, 1.807) is 17.5 Å². The first-order chi connectivity index (χ1) is 11.9. The number of aromatic hydroxyl groups is 1. The molecule has 0 aliphatic carbocycles. The number of thiazole rings is 1. The van der Waals surface area contributed by atoms with Crippen LogP contribution in [0.3, 0.4) is 0 Å². The quantitative estimate of drug-likeness (QED) is 0.660. The molecular formula is C16H14N2O5S2. The number of phenolic OH excluding ortho intramolecular Hbond substituents is 1. The molecule has 0 spiro atoms. The fourth-order valence-electron chi connectivity index (χ4n) is 2.05. The SMILES string of the molecule is CCS(=O)(=O)c1ccc(O)c(NC(=O)c2csc(-c3ccco3)n2)c1. The van der Waals surface area contributed by atoms with Crippen LogP contribution in [0.25, 0.3) is 10.8 Å². The molecule has 0 fully saturated rings. The minimum absolute atomic E-state index is 0.00655. The number of carbonyl (C=O) groups is 1. The highest BCUT2D eigenvalue weighted by atomic mass is 32.2. The third kappa shape index (κ3) is 3.57. The number of nitrogens with one attached hydrogen (secondary N) is 1. The van der Waals surface area contributed by atoms with Gasteiger partial charge >= 0.3 is 0 Å². The van der Waals surface area contributed by atoms with E-state index in [2.05, 4.69) is 10.3 Å². The standard InChI is InChI=1S/C16H14N2O5S2/c1-2-25(21,22)10-5-6-13(19)11(8-10)17-15(20)12-9-24-16(18-12)14-4-3-7-23-14/h3-9,19H,2H2,1H3,(H,17,20). The maximum absolute atomic E-state index is 12.3. The number of rotatable bonds is 5. The van der Waals surface area contributed by atoms with Crippen LogP contribution in [0.1, 0.15) is 17.4 Å². The van der Waals surface area contributed by atoms with Crippen molar-refractivity contribution in [3.63, 3.8) is 0 Å². The normalized spacial score (nSPS) is 11.4. The highest BCUT2D eigenvalue weighted by Crippen LogP contribution is 2.28. The summed E-state index contributed by atoms with van der Waals surface area (Å²) in [6.45, 7) is 1.52. The van der Waals surface area contributed by atoms with E-state index in [4.69, 9.17) is 4.42 Å². The second kappa shape index (κ2) is 6.69. The Kier molecular flexibility index (Phi) is 4.60. The van der Waals surface area contributed by atoms with E-state index >= 15 is 0 Å². The van der Waals surface area contributed by atoms with E-state index in [-0.39, 0.29) is 27.8 Å². The molecule has 3 aromatic rings. The van der Waals surface area contributed by atoms with Gasteiger partial charge in [-0.3, -0.25) is 4.79 Å². The molecule has 0 radical (unpaired) electrons. The highest BCUT2D eigenvalue weighted by Gasteiger charge is 2.18. The first kappa shape index (κ1) is 17.2. The summed E-state index contributed by atoms with van der Waals surface area (Å²) < 4.78 is 29.1. The second-order valence-corrected chi connectivity index (χ2v) is 8.19. The summed E-state index contributed by atoms with van der Waals surface area (Å²) in [5.41, 5.74) is 0.145. The van der Waals surface area contributed by atoms with Crippen molar-refractivity contribution in [2.45, 2.75) is 11.8 Å². The Bertz CT molecular complexity index is 1010. The van der Waals surface area contributed by atoms with Crippen molar-refractivity contribution in [2.75, 3.05) is 11.1 Å². The lowest BCUT2D eigenvalue weighted by atomic mass is 10.3. The lowest BCUT2D eigenvalue weighted by Gasteiger charge is -2.08. The van der Waals surface area contributed by atoms with Gasteiger partial charge in [-0.15, -0.1) is 11.3 Å². The number of amides is 1. The number of furan rings is 1. The number of sulfone groups is 1. The fourth-order valence-corrected chi connectivity index (χ4v) is 3.73. The number of nitrogens with zero attached hydrogens (tertiary/aromatic N) is 1. The topological polar surface area (TPSA) is 110 Å². The van der Waals surface area contributed by atoms with Gasteiger partial charge in [-0.2, -0.15) is 0 Å². The van der Waals surface area contributed by atoms with Crippen LogP contribution >= 0.6 is 11.3 Å². The molecular weight excluding hydrogens is 364 g/mol. The van der Waals surface area contributed by atoms with Crippen molar-refractivity contribution in [1.82, 2.24) is 4.98 Å². The summed E-state index contributed by atoms with van der Waals surface area (Å²) in [5.74, 6) is -0.327. The van der Waals surface area contributed by atoms with Crippen molar-refractivity contribution in [3.05, 3.63) is 47.7 Å². The van der Waals surface area contributed by atoms with E-state index in [9.17, 15) is 18.3 Å². The summed E-state index contributed by atoms with van der Waals surface area (Å²) in [6.07, 6.45) is 1.51. The molecule has 130 valence electrons. The molecule has 9 heteroatoms. The molecule has 3 rings (SSSR count). The lowest BCUT2D eigenvalue weighted by Crippen LogP contribution is -2.13. The summed E-state index contributed by atoms with van der Waals surface area (Å²) in [6, 6.07) is 7.20. The van der Waals surface area contributed by atoms with Gasteiger partial charge in [0, 0.05) is 5.38 Å². The molecule has 0 bridgehead atoms. The molecule has 0 saturated heterocycles. The molecule has 2 N–H and O–H groups in total. The highest BCUT2D eigenvalue weighted by molar-refractivity contribution is 7.91. The zero-order valence-corrected chi connectivity index (χ0v) is 14.7. The number of anilines is 1. The second-order valence-electron chi connectivity index (χ2n) is 5.05. The van der Waals surface area contributed by atoms with Crippen LogP contribution in [0.15, 0.2) is 51.3 Å². The Morgan fingerprint density at radius 2 is 2.16 bits per heavy atom. The van der Waals surface area contributed by atoms with Crippen molar-refractivity contribution in [1.29, 1.82) is 0 Å². The van der Waals surface area contributed by atoms with Crippen LogP contribution in [0.5, 0.6) is 5.75 Å². The van der Waals surface area contributed by atoms with E-state index in [1.807, 2.05) is 0 Å². The smallest absolute Gasteiger partial charge is 0.275 e. The molecule has 0 saturated carbocycles. The van der Waals surface area contributed by atoms with Gasteiger partial charge in [0.05, 0.1) is 22.6 Å². The van der Waals surface area contributed by atoms with E-state index < -0.39 is 15.7 Å². The van der Waals surface area contributed by atoms with Crippen LogP contribution < -0.4 is 5.32 Å². The van der Waals surface area contributed by atoms with Gasteiger partial charge in [0.15, 0.2) is 20.6 Å². The predicted molar refractivity (Wildman–Crippen MR) is 93.6 cm³/mol. The number of benzene rings is 1. The molecule has 7 nitrogen and oxygen atoms in total. The monoisotopic (exact) mass is 378 g/mol. The maximum Gasteiger partial charge on any atom is 0.275 e. The number of carbonyl (C=O) groups excluding carboxylic acids is 1. The van der Waals surface area contributed by atoms with Crippen molar-refractivity contribution >= 4 is 32.8 Å². The molecule has 0 unspecified atom stereocenters. The van der Waals surface area contributed by atoms with Gasteiger partial charge in [-0.25, -0.2) is 13.4 Å². The largest absolute Gasteiger partial charge is 0.506 e. The number of aromatic nitrogens is 1.